The molecule has 7 nitrogen and oxygen atoms in total. The van der Waals surface area contributed by atoms with Gasteiger partial charge in [-0.25, -0.2) is 8.42 Å². The first kappa shape index (κ1) is 35.0. The summed E-state index contributed by atoms with van der Waals surface area (Å²) in [6.45, 7) is 7.49. The molecule has 0 radical (unpaired) electrons. The summed E-state index contributed by atoms with van der Waals surface area (Å²) in [6.07, 6.45) is 0.188. The Hall–Kier alpha value is -3.85. The van der Waals surface area contributed by atoms with Crippen LogP contribution in [0.3, 0.4) is 0 Å². The molecule has 4 aromatic rings. The third kappa shape index (κ3) is 8.69. The SMILES string of the molecule is Cc1ccc(N(CC(=O)N(Cc2c(Cl)cccc2Cl)[C@H](Cc2ccccc2)C(=O)NCC(C)C)S(=O)(=O)c2ccccc2)cc1C. The van der Waals surface area contributed by atoms with Gasteiger partial charge in [0.05, 0.1) is 10.6 Å². The molecule has 4 rings (SSSR count). The molecule has 2 amide bonds. The summed E-state index contributed by atoms with van der Waals surface area (Å²) < 4.78 is 29.4. The number of nitrogens with one attached hydrogen (secondary N) is 1. The van der Waals surface area contributed by atoms with Crippen molar-refractivity contribution in [3.8, 4) is 0 Å². The average molecular weight is 681 g/mol. The number of halogens is 2. The molecule has 0 aliphatic carbocycles. The van der Waals surface area contributed by atoms with Crippen molar-refractivity contribution >= 4 is 50.7 Å². The molecule has 0 aliphatic rings. The Labute approximate surface area is 282 Å². The van der Waals surface area contributed by atoms with Crippen LogP contribution >= 0.6 is 23.2 Å². The molecule has 0 saturated heterocycles. The molecule has 0 unspecified atom stereocenters. The summed E-state index contributed by atoms with van der Waals surface area (Å²) in [6, 6.07) is 26.6. The van der Waals surface area contributed by atoms with E-state index < -0.39 is 28.5 Å². The second kappa shape index (κ2) is 15.6. The molecule has 0 aliphatic heterocycles. The van der Waals surface area contributed by atoms with Crippen molar-refractivity contribution in [2.24, 2.45) is 5.92 Å². The lowest BCUT2D eigenvalue weighted by atomic mass is 10.0. The number of anilines is 1. The topological polar surface area (TPSA) is 86.8 Å². The Morgan fingerprint density at radius 2 is 1.41 bits per heavy atom. The number of aryl methyl sites for hydroxylation is 2. The predicted octanol–water partition coefficient (Wildman–Crippen LogP) is 7.22. The van der Waals surface area contributed by atoms with E-state index in [-0.39, 0.29) is 29.7 Å². The van der Waals surface area contributed by atoms with E-state index in [4.69, 9.17) is 23.2 Å². The summed E-state index contributed by atoms with van der Waals surface area (Å²) in [5.74, 6) is -0.785. The number of rotatable bonds is 13. The minimum atomic E-state index is -4.19. The van der Waals surface area contributed by atoms with Gasteiger partial charge in [0.15, 0.2) is 0 Å². The van der Waals surface area contributed by atoms with Gasteiger partial charge in [-0.3, -0.25) is 13.9 Å². The number of sulfonamides is 1. The maximum Gasteiger partial charge on any atom is 0.264 e. The van der Waals surface area contributed by atoms with E-state index in [0.29, 0.717) is 27.8 Å². The highest BCUT2D eigenvalue weighted by Crippen LogP contribution is 2.29. The molecule has 10 heteroatoms. The second-order valence-corrected chi connectivity index (χ2v) is 14.3. The van der Waals surface area contributed by atoms with E-state index in [2.05, 4.69) is 5.32 Å². The molecule has 0 aromatic heterocycles. The minimum absolute atomic E-state index is 0.0391. The smallest absolute Gasteiger partial charge is 0.264 e. The van der Waals surface area contributed by atoms with E-state index in [0.717, 1.165) is 21.0 Å². The summed E-state index contributed by atoms with van der Waals surface area (Å²) in [5, 5.41) is 3.63. The molecule has 46 heavy (non-hydrogen) atoms. The molecule has 0 saturated carbocycles. The lowest BCUT2D eigenvalue weighted by Crippen LogP contribution is -2.53. The first-order chi connectivity index (χ1) is 21.9. The molecule has 242 valence electrons. The van der Waals surface area contributed by atoms with Gasteiger partial charge in [-0.15, -0.1) is 0 Å². The van der Waals surface area contributed by atoms with Crippen LogP contribution in [0.4, 0.5) is 5.69 Å². The zero-order valence-corrected chi connectivity index (χ0v) is 28.7. The molecule has 0 bridgehead atoms. The highest BCUT2D eigenvalue weighted by Gasteiger charge is 2.35. The fourth-order valence-corrected chi connectivity index (χ4v) is 6.90. The van der Waals surface area contributed by atoms with Gasteiger partial charge in [0.25, 0.3) is 10.0 Å². The fourth-order valence-electron chi connectivity index (χ4n) is 4.96. The van der Waals surface area contributed by atoms with Gasteiger partial charge in [-0.1, -0.05) is 97.7 Å². The number of hydrogen-bond acceptors (Lipinski definition) is 4. The average Bonchev–Trinajstić information content (AvgIpc) is 3.03. The van der Waals surface area contributed by atoms with Crippen LogP contribution in [-0.4, -0.2) is 44.3 Å². The van der Waals surface area contributed by atoms with Crippen LogP contribution in [0.2, 0.25) is 10.0 Å². The van der Waals surface area contributed by atoms with E-state index >= 15 is 0 Å². The zero-order valence-electron chi connectivity index (χ0n) is 26.4. The Morgan fingerprint density at radius 1 is 0.804 bits per heavy atom. The second-order valence-electron chi connectivity index (χ2n) is 11.7. The zero-order chi connectivity index (χ0) is 33.4. The minimum Gasteiger partial charge on any atom is -0.354 e. The standard InChI is InChI=1S/C36H39Cl2N3O4S/c1-25(2)22-39-36(43)34(21-28-12-7-5-8-13-28)40(23-31-32(37)16-11-17-33(31)38)35(42)24-41(29-19-18-26(3)27(4)20-29)46(44,45)30-14-9-6-10-15-30/h5-20,25,34H,21-24H2,1-4H3,(H,39,43)/t34-/m1/s1. The molecule has 0 spiro atoms. The molecular formula is C36H39Cl2N3O4S. The van der Waals surface area contributed by atoms with Crippen LogP contribution in [0.25, 0.3) is 0 Å². The van der Waals surface area contributed by atoms with Crippen molar-refractivity contribution in [2.45, 2.75) is 51.6 Å². The van der Waals surface area contributed by atoms with Gasteiger partial charge in [-0.05, 0) is 72.9 Å². The lowest BCUT2D eigenvalue weighted by molar-refractivity contribution is -0.140. The number of amides is 2. The Bertz CT molecular complexity index is 1750. The van der Waals surface area contributed by atoms with Crippen molar-refractivity contribution in [1.29, 1.82) is 0 Å². The Morgan fingerprint density at radius 3 is 2.00 bits per heavy atom. The van der Waals surface area contributed by atoms with Crippen molar-refractivity contribution < 1.29 is 18.0 Å². The van der Waals surface area contributed by atoms with Gasteiger partial charge >= 0.3 is 0 Å². The predicted molar refractivity (Wildman–Crippen MR) is 186 cm³/mol. The molecule has 1 N–H and O–H groups in total. The first-order valence-corrected chi connectivity index (χ1v) is 17.3. The number of hydrogen-bond donors (Lipinski definition) is 1. The fraction of sp³-hybridized carbons (Fsp3) is 0.278. The highest BCUT2D eigenvalue weighted by atomic mass is 35.5. The number of nitrogens with zero attached hydrogens (tertiary/aromatic N) is 2. The van der Waals surface area contributed by atoms with Gasteiger partial charge in [-0.2, -0.15) is 0 Å². The maximum absolute atomic E-state index is 14.6. The largest absolute Gasteiger partial charge is 0.354 e. The van der Waals surface area contributed by atoms with Crippen LogP contribution in [0.5, 0.6) is 0 Å². The third-order valence-electron chi connectivity index (χ3n) is 7.73. The quantitative estimate of drug-likeness (QED) is 0.162. The number of benzene rings is 4. The summed E-state index contributed by atoms with van der Waals surface area (Å²) in [7, 11) is -4.19. The van der Waals surface area contributed by atoms with Gasteiger partial charge in [0.1, 0.15) is 12.6 Å². The van der Waals surface area contributed by atoms with Crippen molar-refractivity contribution in [3.63, 3.8) is 0 Å². The monoisotopic (exact) mass is 679 g/mol. The van der Waals surface area contributed by atoms with E-state index in [1.54, 1.807) is 48.5 Å². The van der Waals surface area contributed by atoms with Crippen molar-refractivity contribution in [3.05, 3.63) is 129 Å². The summed E-state index contributed by atoms with van der Waals surface area (Å²) in [4.78, 5) is 30.0. The Balaban J connectivity index is 1.84. The molecule has 0 heterocycles. The van der Waals surface area contributed by atoms with E-state index in [1.165, 1.54) is 17.0 Å². The lowest BCUT2D eigenvalue weighted by Gasteiger charge is -2.34. The van der Waals surface area contributed by atoms with Crippen LogP contribution in [0, 0.1) is 19.8 Å². The van der Waals surface area contributed by atoms with Crippen LogP contribution in [0.1, 0.15) is 36.1 Å². The van der Waals surface area contributed by atoms with E-state index in [1.807, 2.05) is 64.1 Å². The van der Waals surface area contributed by atoms with Crippen molar-refractivity contribution in [1.82, 2.24) is 10.2 Å². The number of carbonyl (C=O) groups excluding carboxylic acids is 2. The molecule has 4 aromatic carbocycles. The normalized spacial score (nSPS) is 12.1. The molecular weight excluding hydrogens is 641 g/mol. The van der Waals surface area contributed by atoms with Crippen LogP contribution < -0.4 is 9.62 Å². The Kier molecular flexibility index (Phi) is 11.9. The third-order valence-corrected chi connectivity index (χ3v) is 10.2. The first-order valence-electron chi connectivity index (χ1n) is 15.1. The van der Waals surface area contributed by atoms with Gasteiger partial charge in [0, 0.05) is 35.1 Å². The molecule has 1 atom stereocenters. The molecule has 0 fully saturated rings. The summed E-state index contributed by atoms with van der Waals surface area (Å²) >= 11 is 13.2. The van der Waals surface area contributed by atoms with Crippen LogP contribution in [-0.2, 0) is 32.6 Å². The van der Waals surface area contributed by atoms with Crippen molar-refractivity contribution in [2.75, 3.05) is 17.4 Å². The van der Waals surface area contributed by atoms with Gasteiger partial charge < -0.3 is 10.2 Å². The summed E-state index contributed by atoms with van der Waals surface area (Å²) in [5.41, 5.74) is 3.47. The highest BCUT2D eigenvalue weighted by molar-refractivity contribution is 7.92. The van der Waals surface area contributed by atoms with Crippen LogP contribution in [0.15, 0.2) is 102 Å². The van der Waals surface area contributed by atoms with E-state index in [9.17, 15) is 18.0 Å². The number of carbonyl (C=O) groups is 2. The maximum atomic E-state index is 14.6. The van der Waals surface area contributed by atoms with Gasteiger partial charge in [0.2, 0.25) is 11.8 Å².